The van der Waals surface area contributed by atoms with Crippen LogP contribution in [0.15, 0.2) is 123 Å². The molecule has 0 aliphatic carbocycles. The van der Waals surface area contributed by atoms with Crippen LogP contribution in [-0.2, 0) is 9.59 Å². The number of hydrogen-bond acceptors (Lipinski definition) is 5. The normalized spacial score (nSPS) is 10.8. The van der Waals surface area contributed by atoms with Gasteiger partial charge >= 0.3 is 11.9 Å². The molecule has 6 aromatic rings. The van der Waals surface area contributed by atoms with Gasteiger partial charge in [-0.25, -0.2) is 0 Å². The molecule has 5 nitrogen and oxygen atoms in total. The summed E-state index contributed by atoms with van der Waals surface area (Å²) < 4.78 is 13.6. The Morgan fingerprint density at radius 3 is 1.14 bits per heavy atom. The lowest BCUT2D eigenvalue weighted by Crippen LogP contribution is -2.25. The molecule has 6 aromatic carbocycles. The van der Waals surface area contributed by atoms with E-state index in [4.69, 9.17) is 9.47 Å². The lowest BCUT2D eigenvalue weighted by atomic mass is 9.97. The molecule has 0 bridgehead atoms. The van der Waals surface area contributed by atoms with Gasteiger partial charge in [0.05, 0.1) is 10.8 Å². The van der Waals surface area contributed by atoms with Crippen molar-refractivity contribution in [1.29, 1.82) is 0 Å². The third-order valence-corrected chi connectivity index (χ3v) is 8.98. The van der Waals surface area contributed by atoms with E-state index in [0.717, 1.165) is 45.7 Å². The van der Waals surface area contributed by atoms with E-state index in [2.05, 4.69) is 47.8 Å². The van der Waals surface area contributed by atoms with Gasteiger partial charge in [0.1, 0.15) is 17.2 Å². The first-order chi connectivity index (χ1) is 22.5. The molecule has 0 saturated carbocycles. The second-order valence-corrected chi connectivity index (χ2v) is 15.7. The number of aromatic hydroxyl groups is 1. The van der Waals surface area contributed by atoms with E-state index in [0.29, 0.717) is 17.2 Å². The van der Waals surface area contributed by atoms with Crippen molar-refractivity contribution >= 4 is 92.0 Å². The molecule has 8 heteroatoms. The highest BCUT2D eigenvalue weighted by Crippen LogP contribution is 2.32. The summed E-state index contributed by atoms with van der Waals surface area (Å²) in [5.74, 6) is 0.968. The van der Waals surface area contributed by atoms with E-state index >= 15 is 0 Å². The summed E-state index contributed by atoms with van der Waals surface area (Å²) in [7, 11) is 0. The SMILES string of the molecule is C.C.CC(C)(C)C(=O)Oc1cc(Br)c2ccccc2c1.CC(C)(C)C(=O)Oc1cc(Br)c2ccccc2c1.Oc1cc(Br)c2ccccc2c1. The first-order valence-corrected chi connectivity index (χ1v) is 17.6. The van der Waals surface area contributed by atoms with Crippen LogP contribution in [0.3, 0.4) is 0 Å². The van der Waals surface area contributed by atoms with Crippen LogP contribution in [0.2, 0.25) is 0 Å². The van der Waals surface area contributed by atoms with Crippen molar-refractivity contribution in [3.05, 3.63) is 123 Å². The van der Waals surface area contributed by atoms with Crippen molar-refractivity contribution in [2.75, 3.05) is 0 Å². The molecule has 6 rings (SSSR count). The van der Waals surface area contributed by atoms with E-state index < -0.39 is 10.8 Å². The van der Waals surface area contributed by atoms with Gasteiger partial charge in [-0.2, -0.15) is 0 Å². The number of rotatable bonds is 2. The minimum Gasteiger partial charge on any atom is -0.508 e. The molecule has 0 unspecified atom stereocenters. The van der Waals surface area contributed by atoms with Gasteiger partial charge in [-0.1, -0.05) is 135 Å². The maximum absolute atomic E-state index is 11.8. The largest absolute Gasteiger partial charge is 0.508 e. The Bertz CT molecular complexity index is 1980. The Hall–Kier alpha value is -3.72. The molecule has 0 amide bonds. The number of fused-ring (bicyclic) bond motifs is 3. The zero-order valence-electron chi connectivity index (χ0n) is 27.6. The van der Waals surface area contributed by atoms with Crippen LogP contribution in [0.5, 0.6) is 17.2 Å². The highest BCUT2D eigenvalue weighted by atomic mass is 79.9. The topological polar surface area (TPSA) is 72.8 Å². The molecule has 0 radical (unpaired) electrons. The van der Waals surface area contributed by atoms with E-state index in [9.17, 15) is 14.7 Å². The average Bonchev–Trinajstić information content (AvgIpc) is 3.01. The summed E-state index contributed by atoms with van der Waals surface area (Å²) in [6.07, 6.45) is 0. The van der Waals surface area contributed by atoms with Gasteiger partial charge in [0, 0.05) is 13.4 Å². The number of benzene rings is 6. The first-order valence-electron chi connectivity index (χ1n) is 15.2. The lowest BCUT2D eigenvalue weighted by Gasteiger charge is -2.16. The Morgan fingerprint density at radius 2 is 0.800 bits per heavy atom. The van der Waals surface area contributed by atoms with E-state index in [1.807, 2.05) is 139 Å². The second-order valence-electron chi connectivity index (χ2n) is 13.2. The lowest BCUT2D eigenvalue weighted by molar-refractivity contribution is -0.143. The molecular formula is C42H45Br3O5. The van der Waals surface area contributed by atoms with Crippen molar-refractivity contribution in [3.63, 3.8) is 0 Å². The highest BCUT2D eigenvalue weighted by Gasteiger charge is 2.25. The van der Waals surface area contributed by atoms with Gasteiger partial charge in [-0.05, 0) is 110 Å². The van der Waals surface area contributed by atoms with Crippen LogP contribution in [-0.4, -0.2) is 17.0 Å². The molecule has 0 saturated heterocycles. The number of carbonyl (C=O) groups is 2. The molecule has 0 heterocycles. The summed E-state index contributed by atoms with van der Waals surface area (Å²) in [4.78, 5) is 23.7. The Morgan fingerprint density at radius 1 is 0.500 bits per heavy atom. The molecule has 264 valence electrons. The quantitative estimate of drug-likeness (QED) is 0.139. The van der Waals surface area contributed by atoms with Crippen LogP contribution in [0.1, 0.15) is 56.4 Å². The standard InChI is InChI=1S/2C15H15BrO2.C10H7BrO.2CH4/c2*1-15(2,3)14(17)18-11-8-10-6-4-5-7-12(10)13(16)9-11;11-10-6-8(12)5-7-3-1-2-4-9(7)10;;/h2*4-9H,1-3H3;1-6,12H;2*1H4. The number of carbonyl (C=O) groups excluding carboxylic acids is 2. The minimum atomic E-state index is -0.502. The van der Waals surface area contributed by atoms with Crippen molar-refractivity contribution in [2.45, 2.75) is 56.4 Å². The zero-order chi connectivity index (χ0) is 35.2. The van der Waals surface area contributed by atoms with Gasteiger partial charge < -0.3 is 14.6 Å². The van der Waals surface area contributed by atoms with Crippen LogP contribution >= 0.6 is 47.8 Å². The minimum absolute atomic E-state index is 0. The Labute approximate surface area is 321 Å². The number of ether oxygens (including phenoxy) is 2. The molecule has 0 spiro atoms. The van der Waals surface area contributed by atoms with Crippen molar-refractivity contribution in [3.8, 4) is 17.2 Å². The van der Waals surface area contributed by atoms with Gasteiger partial charge in [0.15, 0.2) is 0 Å². The van der Waals surface area contributed by atoms with E-state index in [-0.39, 0.29) is 26.8 Å². The molecule has 50 heavy (non-hydrogen) atoms. The molecule has 0 fully saturated rings. The molecule has 0 aromatic heterocycles. The summed E-state index contributed by atoms with van der Waals surface area (Å²) in [5, 5.41) is 15.7. The van der Waals surface area contributed by atoms with Gasteiger partial charge in [-0.3, -0.25) is 9.59 Å². The molecular weight excluding hydrogens is 824 g/mol. The smallest absolute Gasteiger partial charge is 0.316 e. The summed E-state index contributed by atoms with van der Waals surface area (Å²) in [6.45, 7) is 11.0. The Kier molecular flexibility index (Phi) is 15.3. The maximum atomic E-state index is 11.8. The predicted molar refractivity (Wildman–Crippen MR) is 220 cm³/mol. The van der Waals surface area contributed by atoms with Gasteiger partial charge in [0.2, 0.25) is 0 Å². The number of hydrogen-bond donors (Lipinski definition) is 1. The van der Waals surface area contributed by atoms with Crippen molar-refractivity contribution in [2.24, 2.45) is 10.8 Å². The number of esters is 2. The van der Waals surface area contributed by atoms with Crippen LogP contribution in [0.4, 0.5) is 0 Å². The fourth-order valence-electron chi connectivity index (χ4n) is 4.36. The van der Waals surface area contributed by atoms with Crippen LogP contribution in [0, 0.1) is 10.8 Å². The zero-order valence-corrected chi connectivity index (χ0v) is 32.4. The maximum Gasteiger partial charge on any atom is 0.316 e. The molecule has 1 N–H and O–H groups in total. The van der Waals surface area contributed by atoms with Crippen molar-refractivity contribution in [1.82, 2.24) is 0 Å². The highest BCUT2D eigenvalue weighted by molar-refractivity contribution is 9.11. The van der Waals surface area contributed by atoms with Gasteiger partial charge in [-0.15, -0.1) is 0 Å². The van der Waals surface area contributed by atoms with Crippen LogP contribution in [0.25, 0.3) is 32.3 Å². The third kappa shape index (κ3) is 11.4. The second kappa shape index (κ2) is 18.0. The molecule has 0 atom stereocenters. The summed E-state index contributed by atoms with van der Waals surface area (Å²) in [6, 6.07) is 34.7. The fourth-order valence-corrected chi connectivity index (χ4v) is 6.13. The first kappa shape index (κ1) is 42.4. The fraction of sp³-hybridized carbons (Fsp3) is 0.238. The van der Waals surface area contributed by atoms with Crippen LogP contribution < -0.4 is 9.47 Å². The summed E-state index contributed by atoms with van der Waals surface area (Å²) in [5.41, 5.74) is -1.00. The number of phenols is 1. The molecule has 0 aliphatic rings. The number of phenolic OH excluding ortho intramolecular Hbond substituents is 1. The number of halogens is 3. The Balaban J connectivity index is 0.000000260. The molecule has 0 aliphatic heterocycles. The van der Waals surface area contributed by atoms with E-state index in [1.54, 1.807) is 12.1 Å². The van der Waals surface area contributed by atoms with E-state index in [1.165, 1.54) is 0 Å². The third-order valence-electron chi connectivity index (χ3n) is 7.01. The summed E-state index contributed by atoms with van der Waals surface area (Å²) >= 11 is 10.4. The average molecular weight is 870 g/mol. The van der Waals surface area contributed by atoms with Gasteiger partial charge in [0.25, 0.3) is 0 Å². The monoisotopic (exact) mass is 866 g/mol. The predicted octanol–water partition coefficient (Wildman–Crippen LogP) is 13.7. The van der Waals surface area contributed by atoms with Crippen molar-refractivity contribution < 1.29 is 24.2 Å².